The molecule has 0 radical (unpaired) electrons. The van der Waals surface area contributed by atoms with E-state index in [4.69, 9.17) is 11.5 Å². The monoisotopic (exact) mass is 172 g/mol. The minimum Gasteiger partial charge on any atom is -0.396 e. The van der Waals surface area contributed by atoms with Crippen molar-refractivity contribution in [3.8, 4) is 12.3 Å². The molecule has 0 saturated heterocycles. The van der Waals surface area contributed by atoms with E-state index in [-0.39, 0.29) is 0 Å². The maximum Gasteiger partial charge on any atom is 0.0441 e. The number of aliphatic hydroxyl groups is 1. The topological polar surface area (TPSA) is 20.2 Å². The summed E-state index contributed by atoms with van der Waals surface area (Å²) in [6, 6.07) is 0. The number of aliphatic hydroxyl groups excluding tert-OH is 1. The Labute approximate surface area is 73.6 Å². The van der Waals surface area contributed by atoms with Gasteiger partial charge in [-0.1, -0.05) is 6.92 Å². The van der Waals surface area contributed by atoms with E-state index in [0.717, 1.165) is 25.0 Å². The Morgan fingerprint density at radius 3 is 2.91 bits per heavy atom. The third-order valence-electron chi connectivity index (χ3n) is 1.40. The largest absolute Gasteiger partial charge is 0.396 e. The highest BCUT2D eigenvalue weighted by molar-refractivity contribution is 7.99. The molecule has 0 rings (SSSR count). The van der Waals surface area contributed by atoms with Gasteiger partial charge < -0.3 is 5.11 Å². The third kappa shape index (κ3) is 7.77. The highest BCUT2D eigenvalue weighted by Gasteiger charge is 1.99. The van der Waals surface area contributed by atoms with Crippen LogP contribution < -0.4 is 0 Å². The standard InChI is InChI=1S/C9H16OS/c1-3-4-5-8-11-9(2)6-7-10/h1,9-10H,4-8H2,2H3. The van der Waals surface area contributed by atoms with Crippen molar-refractivity contribution in [1.29, 1.82) is 0 Å². The lowest BCUT2D eigenvalue weighted by Gasteiger charge is -2.07. The van der Waals surface area contributed by atoms with Crippen LogP contribution in [-0.2, 0) is 0 Å². The molecular weight excluding hydrogens is 156 g/mol. The summed E-state index contributed by atoms with van der Waals surface area (Å²) >= 11 is 1.89. The number of rotatable bonds is 6. The molecule has 0 heterocycles. The summed E-state index contributed by atoms with van der Waals surface area (Å²) in [6.07, 6.45) is 7.96. The summed E-state index contributed by atoms with van der Waals surface area (Å²) in [6.45, 7) is 2.43. The molecule has 0 amide bonds. The Bertz CT molecular complexity index is 117. The molecule has 0 aromatic carbocycles. The SMILES string of the molecule is C#CCCCSC(C)CCO. The quantitative estimate of drug-likeness (QED) is 0.488. The van der Waals surface area contributed by atoms with Crippen molar-refractivity contribution < 1.29 is 5.11 Å². The van der Waals surface area contributed by atoms with Gasteiger partial charge in [0.05, 0.1) is 0 Å². The van der Waals surface area contributed by atoms with Gasteiger partial charge in [0, 0.05) is 18.3 Å². The van der Waals surface area contributed by atoms with Gasteiger partial charge in [-0.25, -0.2) is 0 Å². The lowest BCUT2D eigenvalue weighted by atomic mass is 10.3. The van der Waals surface area contributed by atoms with Crippen LogP contribution in [0.2, 0.25) is 0 Å². The van der Waals surface area contributed by atoms with Gasteiger partial charge in [0.1, 0.15) is 0 Å². The molecule has 0 fully saturated rings. The lowest BCUT2D eigenvalue weighted by Crippen LogP contribution is -2.00. The van der Waals surface area contributed by atoms with E-state index < -0.39 is 0 Å². The number of hydrogen-bond acceptors (Lipinski definition) is 2. The number of hydrogen-bond donors (Lipinski definition) is 1. The molecule has 0 aliphatic heterocycles. The van der Waals surface area contributed by atoms with Crippen LogP contribution in [0.1, 0.15) is 26.2 Å². The molecule has 0 aromatic rings. The summed E-state index contributed by atoms with van der Waals surface area (Å²) in [5, 5.41) is 9.16. The Hall–Kier alpha value is -0.130. The molecule has 1 unspecified atom stereocenters. The van der Waals surface area contributed by atoms with Gasteiger partial charge in [-0.15, -0.1) is 12.3 Å². The van der Waals surface area contributed by atoms with Crippen LogP contribution in [0.25, 0.3) is 0 Å². The maximum absolute atomic E-state index is 8.59. The molecule has 0 spiro atoms. The lowest BCUT2D eigenvalue weighted by molar-refractivity contribution is 0.289. The predicted octanol–water partition coefficient (Wildman–Crippen LogP) is 1.90. The Morgan fingerprint density at radius 1 is 1.64 bits per heavy atom. The van der Waals surface area contributed by atoms with Crippen LogP contribution in [0.15, 0.2) is 0 Å². The summed E-state index contributed by atoms with van der Waals surface area (Å²) in [4.78, 5) is 0. The second-order valence-electron chi connectivity index (χ2n) is 2.50. The molecule has 11 heavy (non-hydrogen) atoms. The molecular formula is C9H16OS. The van der Waals surface area contributed by atoms with Crippen molar-refractivity contribution in [2.75, 3.05) is 12.4 Å². The van der Waals surface area contributed by atoms with Gasteiger partial charge in [0.25, 0.3) is 0 Å². The zero-order valence-electron chi connectivity index (χ0n) is 7.05. The number of unbranched alkanes of at least 4 members (excludes halogenated alkanes) is 1. The van der Waals surface area contributed by atoms with Crippen molar-refractivity contribution in [2.24, 2.45) is 0 Å². The van der Waals surface area contributed by atoms with Gasteiger partial charge in [-0.05, 0) is 18.6 Å². The Kier molecular flexibility index (Phi) is 7.88. The van der Waals surface area contributed by atoms with E-state index >= 15 is 0 Å². The van der Waals surface area contributed by atoms with Crippen LogP contribution in [0, 0.1) is 12.3 Å². The van der Waals surface area contributed by atoms with Crippen LogP contribution in [-0.4, -0.2) is 22.7 Å². The average molecular weight is 172 g/mol. The molecule has 1 atom stereocenters. The van der Waals surface area contributed by atoms with Crippen molar-refractivity contribution in [2.45, 2.75) is 31.4 Å². The zero-order valence-corrected chi connectivity index (χ0v) is 7.86. The first-order valence-electron chi connectivity index (χ1n) is 3.97. The number of thioether (sulfide) groups is 1. The van der Waals surface area contributed by atoms with Crippen LogP contribution in [0.3, 0.4) is 0 Å². The van der Waals surface area contributed by atoms with Crippen molar-refractivity contribution in [1.82, 2.24) is 0 Å². The van der Waals surface area contributed by atoms with Crippen molar-refractivity contribution >= 4 is 11.8 Å². The fraction of sp³-hybridized carbons (Fsp3) is 0.778. The van der Waals surface area contributed by atoms with E-state index in [0.29, 0.717) is 11.9 Å². The zero-order chi connectivity index (χ0) is 8.53. The Morgan fingerprint density at radius 2 is 2.36 bits per heavy atom. The van der Waals surface area contributed by atoms with E-state index in [2.05, 4.69) is 12.8 Å². The molecule has 0 aromatic heterocycles. The average Bonchev–Trinajstić information content (AvgIpc) is 1.99. The van der Waals surface area contributed by atoms with Gasteiger partial charge in [-0.3, -0.25) is 0 Å². The molecule has 0 aliphatic rings. The predicted molar refractivity (Wildman–Crippen MR) is 51.7 cm³/mol. The first kappa shape index (κ1) is 10.9. The highest BCUT2D eigenvalue weighted by Crippen LogP contribution is 2.14. The molecule has 2 heteroatoms. The summed E-state index contributed by atoms with van der Waals surface area (Å²) in [5.74, 6) is 3.73. The van der Waals surface area contributed by atoms with Gasteiger partial charge in [-0.2, -0.15) is 11.8 Å². The normalized spacial score (nSPS) is 12.5. The summed E-state index contributed by atoms with van der Waals surface area (Å²) in [7, 11) is 0. The van der Waals surface area contributed by atoms with E-state index in [9.17, 15) is 0 Å². The first-order chi connectivity index (χ1) is 5.31. The van der Waals surface area contributed by atoms with Crippen molar-refractivity contribution in [3.63, 3.8) is 0 Å². The minimum atomic E-state index is 0.295. The molecule has 1 N–H and O–H groups in total. The number of terminal acetylenes is 1. The highest BCUT2D eigenvalue weighted by atomic mass is 32.2. The second-order valence-corrected chi connectivity index (χ2v) is 4.05. The third-order valence-corrected chi connectivity index (χ3v) is 2.73. The summed E-state index contributed by atoms with van der Waals surface area (Å²) in [5.41, 5.74) is 0. The maximum atomic E-state index is 8.59. The summed E-state index contributed by atoms with van der Waals surface area (Å²) < 4.78 is 0. The fourth-order valence-corrected chi connectivity index (χ4v) is 1.71. The van der Waals surface area contributed by atoms with E-state index in [1.807, 2.05) is 11.8 Å². The first-order valence-corrected chi connectivity index (χ1v) is 5.02. The fourth-order valence-electron chi connectivity index (χ4n) is 0.724. The van der Waals surface area contributed by atoms with Gasteiger partial charge in [0.2, 0.25) is 0 Å². The van der Waals surface area contributed by atoms with Crippen LogP contribution in [0.5, 0.6) is 0 Å². The molecule has 64 valence electrons. The molecule has 0 bridgehead atoms. The van der Waals surface area contributed by atoms with E-state index in [1.165, 1.54) is 0 Å². The second kappa shape index (κ2) is 7.97. The molecule has 0 saturated carbocycles. The molecule has 1 nitrogen and oxygen atoms in total. The van der Waals surface area contributed by atoms with Crippen molar-refractivity contribution in [3.05, 3.63) is 0 Å². The van der Waals surface area contributed by atoms with E-state index in [1.54, 1.807) is 0 Å². The minimum absolute atomic E-state index is 0.295. The van der Waals surface area contributed by atoms with Crippen LogP contribution in [0.4, 0.5) is 0 Å². The smallest absolute Gasteiger partial charge is 0.0441 e. The van der Waals surface area contributed by atoms with Gasteiger partial charge in [0.15, 0.2) is 0 Å². The molecule has 0 aliphatic carbocycles. The Balaban J connectivity index is 3.05. The van der Waals surface area contributed by atoms with Gasteiger partial charge >= 0.3 is 0 Å². The van der Waals surface area contributed by atoms with Crippen LogP contribution >= 0.6 is 11.8 Å².